The van der Waals surface area contributed by atoms with Gasteiger partial charge in [0.25, 0.3) is 20.0 Å². The second-order valence-corrected chi connectivity index (χ2v) is 11.3. The van der Waals surface area contributed by atoms with Crippen molar-refractivity contribution >= 4 is 59.3 Å². The average Bonchev–Trinajstić information content (AvgIpc) is 3.24. The van der Waals surface area contributed by atoms with Gasteiger partial charge in [0.15, 0.2) is 15.1 Å². The Labute approximate surface area is 188 Å². The SMILES string of the molecule is Cc1cccc(C)c1NS(=O)(=O)c1ccc(NS(=O)(=O)c2c(Cl)nc3sccn23)cc1. The number of nitrogens with one attached hydrogen (secondary N) is 2. The summed E-state index contributed by atoms with van der Waals surface area (Å²) in [5.41, 5.74) is 2.30. The van der Waals surface area contributed by atoms with Crippen LogP contribution in [-0.2, 0) is 20.0 Å². The summed E-state index contributed by atoms with van der Waals surface area (Å²) >= 11 is 7.27. The van der Waals surface area contributed by atoms with E-state index >= 15 is 0 Å². The Morgan fingerprint density at radius 1 is 0.935 bits per heavy atom. The number of hydrogen-bond acceptors (Lipinski definition) is 6. The molecule has 0 radical (unpaired) electrons. The van der Waals surface area contributed by atoms with Crippen molar-refractivity contribution in [3.8, 4) is 0 Å². The molecule has 0 spiro atoms. The summed E-state index contributed by atoms with van der Waals surface area (Å²) < 4.78 is 57.5. The zero-order chi connectivity index (χ0) is 22.4. The number of thiazole rings is 1. The Morgan fingerprint density at radius 2 is 1.58 bits per heavy atom. The number of fused-ring (bicyclic) bond motifs is 1. The number of anilines is 2. The zero-order valence-corrected chi connectivity index (χ0v) is 19.5. The maximum absolute atomic E-state index is 12.8. The van der Waals surface area contributed by atoms with Gasteiger partial charge >= 0.3 is 0 Å². The first-order chi connectivity index (χ1) is 14.6. The van der Waals surface area contributed by atoms with Crippen LogP contribution in [0.4, 0.5) is 11.4 Å². The Morgan fingerprint density at radius 3 is 2.23 bits per heavy atom. The monoisotopic (exact) mass is 496 g/mol. The van der Waals surface area contributed by atoms with E-state index in [1.807, 2.05) is 32.0 Å². The van der Waals surface area contributed by atoms with Crippen LogP contribution in [0.15, 0.2) is 64.0 Å². The molecular formula is C19H17ClN4O4S3. The van der Waals surface area contributed by atoms with Crippen LogP contribution >= 0.6 is 22.9 Å². The van der Waals surface area contributed by atoms with Crippen LogP contribution in [-0.4, -0.2) is 26.2 Å². The van der Waals surface area contributed by atoms with Crippen molar-refractivity contribution in [3.63, 3.8) is 0 Å². The molecule has 4 aromatic rings. The van der Waals surface area contributed by atoms with Crippen molar-refractivity contribution in [1.29, 1.82) is 0 Å². The Balaban J connectivity index is 1.59. The van der Waals surface area contributed by atoms with Gasteiger partial charge in [-0.25, -0.2) is 13.4 Å². The number of imidazole rings is 1. The molecule has 0 saturated heterocycles. The molecule has 4 rings (SSSR count). The topological polar surface area (TPSA) is 110 Å². The largest absolute Gasteiger partial charge is 0.281 e. The molecule has 2 aromatic carbocycles. The van der Waals surface area contributed by atoms with Gasteiger partial charge in [-0.2, -0.15) is 8.42 Å². The number of halogens is 1. The van der Waals surface area contributed by atoms with Gasteiger partial charge < -0.3 is 0 Å². The predicted molar refractivity (Wildman–Crippen MR) is 122 cm³/mol. The number of benzene rings is 2. The molecular weight excluding hydrogens is 480 g/mol. The van der Waals surface area contributed by atoms with Crippen LogP contribution in [0.2, 0.25) is 5.15 Å². The quantitative estimate of drug-likeness (QED) is 0.414. The van der Waals surface area contributed by atoms with Crippen LogP contribution in [0.3, 0.4) is 0 Å². The first kappa shape index (κ1) is 21.6. The molecule has 2 aromatic heterocycles. The molecule has 8 nitrogen and oxygen atoms in total. The summed E-state index contributed by atoms with van der Waals surface area (Å²) in [6.07, 6.45) is 1.56. The highest BCUT2D eigenvalue weighted by atomic mass is 35.5. The number of hydrogen-bond donors (Lipinski definition) is 2. The van der Waals surface area contributed by atoms with Gasteiger partial charge in [-0.15, -0.1) is 11.3 Å². The van der Waals surface area contributed by atoms with Crippen LogP contribution in [0, 0.1) is 13.8 Å². The molecule has 31 heavy (non-hydrogen) atoms. The molecule has 0 aliphatic rings. The molecule has 0 atom stereocenters. The molecule has 2 heterocycles. The number of rotatable bonds is 6. The number of sulfonamides is 2. The number of para-hydroxylation sites is 1. The third-order valence-electron chi connectivity index (χ3n) is 4.57. The van der Waals surface area contributed by atoms with Gasteiger partial charge in [0.2, 0.25) is 0 Å². The fraction of sp³-hybridized carbons (Fsp3) is 0.105. The minimum absolute atomic E-state index is 0.000659. The van der Waals surface area contributed by atoms with Crippen molar-refractivity contribution in [2.75, 3.05) is 9.44 Å². The summed E-state index contributed by atoms with van der Waals surface area (Å²) in [6, 6.07) is 10.9. The molecule has 0 saturated carbocycles. The lowest BCUT2D eigenvalue weighted by atomic mass is 10.1. The Bertz CT molecular complexity index is 1470. The standard InChI is InChI=1S/C19H17ClN4O4S3/c1-12-4-3-5-13(2)16(12)23-30(25,26)15-8-6-14(7-9-15)22-31(27,28)18-17(20)21-19-24(18)10-11-29-19/h3-11,22-23H,1-2H3. The normalized spacial score (nSPS) is 12.2. The van der Waals surface area contributed by atoms with Crippen LogP contribution in [0.25, 0.3) is 4.96 Å². The van der Waals surface area contributed by atoms with Gasteiger partial charge in [0.05, 0.1) is 10.6 Å². The maximum atomic E-state index is 12.8. The predicted octanol–water partition coefficient (Wildman–Crippen LogP) is 4.27. The fourth-order valence-electron chi connectivity index (χ4n) is 3.05. The Hall–Kier alpha value is -2.60. The minimum atomic E-state index is -4.05. The van der Waals surface area contributed by atoms with E-state index in [-0.39, 0.29) is 20.8 Å². The highest BCUT2D eigenvalue weighted by Gasteiger charge is 2.25. The molecule has 162 valence electrons. The van der Waals surface area contributed by atoms with Gasteiger partial charge in [-0.05, 0) is 49.2 Å². The first-order valence-electron chi connectivity index (χ1n) is 8.91. The molecule has 0 bridgehead atoms. The van der Waals surface area contributed by atoms with E-state index in [0.29, 0.717) is 10.6 Å². The summed E-state index contributed by atoms with van der Waals surface area (Å²) in [5, 5.41) is 1.37. The average molecular weight is 497 g/mol. The highest BCUT2D eigenvalue weighted by Crippen LogP contribution is 2.28. The second kappa shape index (κ2) is 7.83. The van der Waals surface area contributed by atoms with Crippen LogP contribution in [0.5, 0.6) is 0 Å². The molecule has 0 amide bonds. The third kappa shape index (κ3) is 4.13. The number of nitrogens with zero attached hydrogens (tertiary/aromatic N) is 2. The second-order valence-electron chi connectivity index (χ2n) is 6.77. The van der Waals surface area contributed by atoms with Crippen molar-refractivity contribution in [3.05, 3.63) is 70.3 Å². The van der Waals surface area contributed by atoms with Gasteiger partial charge in [-0.3, -0.25) is 13.8 Å². The summed E-state index contributed by atoms with van der Waals surface area (Å²) in [6.45, 7) is 3.63. The van der Waals surface area contributed by atoms with E-state index in [9.17, 15) is 16.8 Å². The van der Waals surface area contributed by atoms with Crippen molar-refractivity contribution in [2.24, 2.45) is 0 Å². The van der Waals surface area contributed by atoms with E-state index in [4.69, 9.17) is 11.6 Å². The lowest BCUT2D eigenvalue weighted by Gasteiger charge is -2.14. The highest BCUT2D eigenvalue weighted by molar-refractivity contribution is 7.93. The molecule has 0 fully saturated rings. The lowest BCUT2D eigenvalue weighted by molar-refractivity contribution is 0.596. The van der Waals surface area contributed by atoms with E-state index in [1.54, 1.807) is 11.6 Å². The smallest absolute Gasteiger partial charge is 0.279 e. The van der Waals surface area contributed by atoms with Crippen molar-refractivity contribution in [1.82, 2.24) is 9.38 Å². The van der Waals surface area contributed by atoms with Crippen molar-refractivity contribution < 1.29 is 16.8 Å². The molecule has 12 heteroatoms. The van der Waals surface area contributed by atoms with E-state index in [0.717, 1.165) is 11.1 Å². The lowest BCUT2D eigenvalue weighted by Crippen LogP contribution is -2.16. The third-order valence-corrected chi connectivity index (χ3v) is 8.47. The van der Waals surface area contributed by atoms with Crippen molar-refractivity contribution in [2.45, 2.75) is 23.8 Å². The van der Waals surface area contributed by atoms with E-state index in [1.165, 1.54) is 40.0 Å². The maximum Gasteiger partial charge on any atom is 0.281 e. The minimum Gasteiger partial charge on any atom is -0.279 e. The Kier molecular flexibility index (Phi) is 5.46. The zero-order valence-electron chi connectivity index (χ0n) is 16.3. The number of aryl methyl sites for hydroxylation is 2. The molecule has 0 aliphatic heterocycles. The molecule has 2 N–H and O–H groups in total. The van der Waals surface area contributed by atoms with Gasteiger partial charge in [0, 0.05) is 17.3 Å². The van der Waals surface area contributed by atoms with Gasteiger partial charge in [0.1, 0.15) is 0 Å². The van der Waals surface area contributed by atoms with E-state index < -0.39 is 20.0 Å². The summed E-state index contributed by atoms with van der Waals surface area (Å²) in [5.74, 6) is 0. The summed E-state index contributed by atoms with van der Waals surface area (Å²) in [4.78, 5) is 4.47. The fourth-order valence-corrected chi connectivity index (χ4v) is 6.77. The molecule has 0 unspecified atom stereocenters. The molecule has 0 aliphatic carbocycles. The number of aromatic nitrogens is 2. The van der Waals surface area contributed by atoms with Gasteiger partial charge in [-0.1, -0.05) is 29.8 Å². The van der Waals surface area contributed by atoms with Crippen LogP contribution < -0.4 is 9.44 Å². The van der Waals surface area contributed by atoms with Crippen LogP contribution in [0.1, 0.15) is 11.1 Å². The van der Waals surface area contributed by atoms with E-state index in [2.05, 4.69) is 14.4 Å². The summed E-state index contributed by atoms with van der Waals surface area (Å²) in [7, 11) is -7.90. The first-order valence-corrected chi connectivity index (χ1v) is 13.1.